The Morgan fingerprint density at radius 2 is 1.79 bits per heavy atom. The standard InChI is InChI=1S/C21H20O7/c1-9(2)4-5-10-12(22)7-16-18(19(10)26-3)20-17(21(25)28-16)11-6-13(23)14(24)8-15(11)27-20/h4,6-8,17,20,22-24H,5H2,1-3H3. The van der Waals surface area contributed by atoms with E-state index < -0.39 is 18.0 Å². The summed E-state index contributed by atoms with van der Waals surface area (Å²) in [5, 5.41) is 30.1. The van der Waals surface area contributed by atoms with Gasteiger partial charge in [-0.1, -0.05) is 11.6 Å². The van der Waals surface area contributed by atoms with Crippen molar-refractivity contribution >= 4 is 5.97 Å². The lowest BCUT2D eigenvalue weighted by atomic mass is 9.86. The van der Waals surface area contributed by atoms with Gasteiger partial charge in [0.1, 0.15) is 35.0 Å². The van der Waals surface area contributed by atoms with Crippen LogP contribution >= 0.6 is 0 Å². The molecule has 146 valence electrons. The summed E-state index contributed by atoms with van der Waals surface area (Å²) in [6, 6.07) is 3.97. The van der Waals surface area contributed by atoms with Crippen molar-refractivity contribution in [3.8, 4) is 34.5 Å². The third kappa shape index (κ3) is 2.62. The zero-order valence-electron chi connectivity index (χ0n) is 15.6. The summed E-state index contributed by atoms with van der Waals surface area (Å²) in [6.07, 6.45) is 1.63. The highest BCUT2D eigenvalue weighted by molar-refractivity contribution is 5.87. The average Bonchev–Trinajstić information content (AvgIpc) is 2.98. The Labute approximate surface area is 161 Å². The molecule has 2 unspecified atom stereocenters. The SMILES string of the molecule is COc1c(CC=C(C)C)c(O)cc2c1C1Oc3cc(O)c(O)cc3C1C(=O)O2. The molecule has 4 rings (SSSR count). The Balaban J connectivity index is 1.89. The molecular weight excluding hydrogens is 364 g/mol. The van der Waals surface area contributed by atoms with Gasteiger partial charge in [-0.25, -0.2) is 0 Å². The van der Waals surface area contributed by atoms with Crippen LogP contribution in [0.3, 0.4) is 0 Å². The number of hydrogen-bond acceptors (Lipinski definition) is 7. The number of hydrogen-bond donors (Lipinski definition) is 3. The van der Waals surface area contributed by atoms with Gasteiger partial charge in [0.2, 0.25) is 0 Å². The van der Waals surface area contributed by atoms with Crippen LogP contribution in [0.4, 0.5) is 0 Å². The van der Waals surface area contributed by atoms with E-state index >= 15 is 0 Å². The summed E-state index contributed by atoms with van der Waals surface area (Å²) in [7, 11) is 1.48. The van der Waals surface area contributed by atoms with Crippen LogP contribution < -0.4 is 14.2 Å². The van der Waals surface area contributed by atoms with Crippen molar-refractivity contribution < 1.29 is 34.3 Å². The van der Waals surface area contributed by atoms with Gasteiger partial charge in [0.05, 0.1) is 12.7 Å². The third-order valence-corrected chi connectivity index (χ3v) is 5.03. The highest BCUT2D eigenvalue weighted by Gasteiger charge is 2.49. The molecule has 0 bridgehead atoms. The van der Waals surface area contributed by atoms with E-state index in [1.54, 1.807) is 0 Å². The fourth-order valence-electron chi connectivity index (χ4n) is 3.71. The monoisotopic (exact) mass is 384 g/mol. The first-order chi connectivity index (χ1) is 13.3. The molecule has 7 nitrogen and oxygen atoms in total. The molecule has 2 atom stereocenters. The minimum atomic E-state index is -0.816. The van der Waals surface area contributed by atoms with Gasteiger partial charge in [-0.2, -0.15) is 0 Å². The number of allylic oxidation sites excluding steroid dienone is 2. The first-order valence-corrected chi connectivity index (χ1v) is 8.82. The van der Waals surface area contributed by atoms with Crippen LogP contribution in [-0.2, 0) is 11.2 Å². The van der Waals surface area contributed by atoms with Gasteiger partial charge in [-0.3, -0.25) is 4.79 Å². The number of aromatic hydroxyl groups is 3. The van der Waals surface area contributed by atoms with Gasteiger partial charge in [0, 0.05) is 23.3 Å². The van der Waals surface area contributed by atoms with Gasteiger partial charge < -0.3 is 29.5 Å². The summed E-state index contributed by atoms with van der Waals surface area (Å²) < 4.78 is 17.0. The Morgan fingerprint density at radius 3 is 2.46 bits per heavy atom. The second-order valence-electron chi connectivity index (χ2n) is 7.12. The zero-order valence-corrected chi connectivity index (χ0v) is 15.6. The molecule has 2 heterocycles. The number of benzene rings is 2. The molecule has 2 aromatic carbocycles. The molecule has 2 aromatic rings. The molecular formula is C21H20O7. The maximum atomic E-state index is 12.6. The van der Waals surface area contributed by atoms with E-state index in [0.29, 0.717) is 28.9 Å². The smallest absolute Gasteiger partial charge is 0.323 e. The summed E-state index contributed by atoms with van der Waals surface area (Å²) in [4.78, 5) is 12.6. The molecule has 0 spiro atoms. The van der Waals surface area contributed by atoms with Crippen LogP contribution in [-0.4, -0.2) is 28.4 Å². The Hall–Kier alpha value is -3.35. The van der Waals surface area contributed by atoms with Crippen molar-refractivity contribution in [2.45, 2.75) is 32.3 Å². The minimum absolute atomic E-state index is 0.0369. The number of carbonyl (C=O) groups is 1. The number of methoxy groups -OCH3 is 1. The molecule has 28 heavy (non-hydrogen) atoms. The molecule has 0 aromatic heterocycles. The number of rotatable bonds is 3. The summed E-state index contributed by atoms with van der Waals surface area (Å²) in [5.41, 5.74) is 2.58. The third-order valence-electron chi connectivity index (χ3n) is 5.03. The van der Waals surface area contributed by atoms with Crippen molar-refractivity contribution in [1.82, 2.24) is 0 Å². The van der Waals surface area contributed by atoms with E-state index in [4.69, 9.17) is 14.2 Å². The lowest BCUT2D eigenvalue weighted by Crippen LogP contribution is -2.29. The van der Waals surface area contributed by atoms with Crippen molar-refractivity contribution in [1.29, 1.82) is 0 Å². The molecule has 0 amide bonds. The average molecular weight is 384 g/mol. The van der Waals surface area contributed by atoms with Gasteiger partial charge in [0.25, 0.3) is 0 Å². The van der Waals surface area contributed by atoms with Crippen LogP contribution in [0.2, 0.25) is 0 Å². The van der Waals surface area contributed by atoms with Crippen LogP contribution in [0.1, 0.15) is 42.6 Å². The van der Waals surface area contributed by atoms with Crippen LogP contribution in [0.15, 0.2) is 29.8 Å². The topological polar surface area (TPSA) is 105 Å². The Bertz CT molecular complexity index is 1020. The number of phenols is 3. The maximum Gasteiger partial charge on any atom is 0.323 e. The quantitative estimate of drug-likeness (QED) is 0.322. The molecule has 0 saturated heterocycles. The second-order valence-corrected chi connectivity index (χ2v) is 7.12. The number of ether oxygens (including phenoxy) is 3. The van der Waals surface area contributed by atoms with Crippen LogP contribution in [0.5, 0.6) is 34.5 Å². The molecule has 0 aliphatic carbocycles. The Kier molecular flexibility index (Phi) is 4.10. The minimum Gasteiger partial charge on any atom is -0.507 e. The summed E-state index contributed by atoms with van der Waals surface area (Å²) >= 11 is 0. The van der Waals surface area contributed by atoms with E-state index in [1.807, 2.05) is 19.9 Å². The number of esters is 1. The lowest BCUT2D eigenvalue weighted by Gasteiger charge is -2.29. The molecule has 2 aliphatic heterocycles. The first kappa shape index (κ1) is 18.0. The highest BCUT2D eigenvalue weighted by atomic mass is 16.6. The molecule has 2 aliphatic rings. The zero-order chi connectivity index (χ0) is 20.2. The molecule has 0 fully saturated rings. The van der Waals surface area contributed by atoms with E-state index in [9.17, 15) is 20.1 Å². The molecule has 7 heteroatoms. The fraction of sp³-hybridized carbons (Fsp3) is 0.286. The predicted molar refractivity (Wildman–Crippen MR) is 99.3 cm³/mol. The first-order valence-electron chi connectivity index (χ1n) is 8.82. The molecule has 0 saturated carbocycles. The maximum absolute atomic E-state index is 12.6. The van der Waals surface area contributed by atoms with Crippen molar-refractivity contribution in [2.75, 3.05) is 7.11 Å². The van der Waals surface area contributed by atoms with Crippen molar-refractivity contribution in [2.24, 2.45) is 0 Å². The number of fused-ring (bicyclic) bond motifs is 5. The van der Waals surface area contributed by atoms with Gasteiger partial charge in [-0.15, -0.1) is 0 Å². The van der Waals surface area contributed by atoms with Crippen LogP contribution in [0, 0.1) is 0 Å². The van der Waals surface area contributed by atoms with Gasteiger partial charge in [0.15, 0.2) is 11.5 Å². The van der Waals surface area contributed by atoms with Gasteiger partial charge in [-0.05, 0) is 26.3 Å². The molecule has 3 N–H and O–H groups in total. The summed E-state index contributed by atoms with van der Waals surface area (Å²) in [6.45, 7) is 3.91. The second kappa shape index (κ2) is 6.37. The molecule has 0 radical (unpaired) electrons. The van der Waals surface area contributed by atoms with E-state index in [-0.39, 0.29) is 28.7 Å². The lowest BCUT2D eigenvalue weighted by molar-refractivity contribution is -0.139. The van der Waals surface area contributed by atoms with Crippen molar-refractivity contribution in [3.05, 3.63) is 46.5 Å². The normalized spacial score (nSPS) is 19.0. The number of phenolic OH excluding ortho intramolecular Hbond substituents is 3. The fourth-order valence-corrected chi connectivity index (χ4v) is 3.71. The van der Waals surface area contributed by atoms with E-state index in [2.05, 4.69) is 0 Å². The van der Waals surface area contributed by atoms with E-state index in [1.165, 1.54) is 25.3 Å². The van der Waals surface area contributed by atoms with Crippen molar-refractivity contribution in [3.63, 3.8) is 0 Å². The summed E-state index contributed by atoms with van der Waals surface area (Å²) in [5.74, 6) is -1.26. The number of carbonyl (C=O) groups excluding carboxylic acids is 1. The van der Waals surface area contributed by atoms with Gasteiger partial charge >= 0.3 is 5.97 Å². The largest absolute Gasteiger partial charge is 0.507 e. The predicted octanol–water partition coefficient (Wildman–Crippen LogP) is 3.46. The van der Waals surface area contributed by atoms with E-state index in [0.717, 1.165) is 5.57 Å². The Morgan fingerprint density at radius 1 is 1.11 bits per heavy atom. The van der Waals surface area contributed by atoms with Crippen LogP contribution in [0.25, 0.3) is 0 Å². The highest BCUT2D eigenvalue weighted by Crippen LogP contribution is 2.57.